The summed E-state index contributed by atoms with van der Waals surface area (Å²) < 4.78 is 28.8. The van der Waals surface area contributed by atoms with E-state index < -0.39 is 16.1 Å². The normalized spacial score (nSPS) is 12.6. The van der Waals surface area contributed by atoms with Crippen LogP contribution in [-0.2, 0) is 10.0 Å². The Kier molecular flexibility index (Phi) is 6.04. The van der Waals surface area contributed by atoms with Crippen LogP contribution in [0.25, 0.3) is 10.8 Å². The van der Waals surface area contributed by atoms with E-state index in [9.17, 15) is 8.42 Å². The van der Waals surface area contributed by atoms with E-state index in [0.29, 0.717) is 11.6 Å². The van der Waals surface area contributed by atoms with E-state index in [0.717, 1.165) is 22.0 Å². The molecule has 0 aliphatic carbocycles. The van der Waals surface area contributed by atoms with Crippen LogP contribution in [0.15, 0.2) is 102 Å². The third kappa shape index (κ3) is 4.65. The molecule has 0 saturated heterocycles. The second kappa shape index (κ2) is 8.88. The molecule has 2 N–H and O–H groups in total. The lowest BCUT2D eigenvalue weighted by Crippen LogP contribution is -2.33. The highest BCUT2D eigenvalue weighted by Gasteiger charge is 2.21. The highest BCUT2D eigenvalue weighted by molar-refractivity contribution is 7.89. The SMILES string of the molecule is O=S(=O)(NC(CNc1cccc2ccccc12)c1ccccc1)c1ccc(Cl)cc1. The summed E-state index contributed by atoms with van der Waals surface area (Å²) in [5.74, 6) is 0. The molecule has 0 spiro atoms. The van der Waals surface area contributed by atoms with Gasteiger partial charge in [-0.1, -0.05) is 78.3 Å². The molecule has 152 valence electrons. The maximum atomic E-state index is 13.0. The summed E-state index contributed by atoms with van der Waals surface area (Å²) in [4.78, 5) is 0.179. The standard InChI is InChI=1S/C24H21ClN2O2S/c25-20-13-15-21(16-14-20)30(28,29)27-24(19-8-2-1-3-9-19)17-26-23-12-6-10-18-7-4-5-11-22(18)23/h1-16,24,26-27H,17H2. The summed E-state index contributed by atoms with van der Waals surface area (Å²) in [6, 6.07) is 29.4. The lowest BCUT2D eigenvalue weighted by atomic mass is 10.1. The van der Waals surface area contributed by atoms with Gasteiger partial charge in [0.1, 0.15) is 0 Å². The van der Waals surface area contributed by atoms with E-state index in [1.165, 1.54) is 12.1 Å². The zero-order valence-corrected chi connectivity index (χ0v) is 17.7. The van der Waals surface area contributed by atoms with Gasteiger partial charge in [0.2, 0.25) is 10.0 Å². The minimum absolute atomic E-state index is 0.179. The molecule has 0 saturated carbocycles. The zero-order valence-electron chi connectivity index (χ0n) is 16.1. The molecular formula is C24H21ClN2O2S. The maximum Gasteiger partial charge on any atom is 0.241 e. The molecule has 0 aromatic heterocycles. The highest BCUT2D eigenvalue weighted by atomic mass is 35.5. The fraction of sp³-hybridized carbons (Fsp3) is 0.0833. The Morgan fingerprint density at radius 2 is 1.43 bits per heavy atom. The van der Waals surface area contributed by atoms with E-state index >= 15 is 0 Å². The fourth-order valence-electron chi connectivity index (χ4n) is 3.37. The van der Waals surface area contributed by atoms with Crippen molar-refractivity contribution in [3.63, 3.8) is 0 Å². The molecule has 4 aromatic rings. The Hall–Kier alpha value is -2.86. The van der Waals surface area contributed by atoms with Crippen molar-refractivity contribution in [1.82, 2.24) is 4.72 Å². The summed E-state index contributed by atoms with van der Waals surface area (Å²) in [6.45, 7) is 0.394. The van der Waals surface area contributed by atoms with Crippen LogP contribution in [0.2, 0.25) is 5.02 Å². The number of sulfonamides is 1. The maximum absolute atomic E-state index is 13.0. The molecular weight excluding hydrogens is 416 g/mol. The van der Waals surface area contributed by atoms with Crippen molar-refractivity contribution in [3.8, 4) is 0 Å². The van der Waals surface area contributed by atoms with Gasteiger partial charge >= 0.3 is 0 Å². The van der Waals surface area contributed by atoms with Gasteiger partial charge in [-0.2, -0.15) is 0 Å². The number of benzene rings is 4. The monoisotopic (exact) mass is 436 g/mol. The summed E-state index contributed by atoms with van der Waals surface area (Å²) in [7, 11) is -3.72. The average molecular weight is 437 g/mol. The molecule has 6 heteroatoms. The topological polar surface area (TPSA) is 58.2 Å². The first-order chi connectivity index (χ1) is 14.5. The van der Waals surface area contributed by atoms with Gasteiger partial charge in [-0.3, -0.25) is 0 Å². The van der Waals surface area contributed by atoms with Gasteiger partial charge in [0.25, 0.3) is 0 Å². The molecule has 0 heterocycles. The lowest BCUT2D eigenvalue weighted by molar-refractivity contribution is 0.562. The molecule has 4 rings (SSSR count). The van der Waals surface area contributed by atoms with E-state index in [-0.39, 0.29) is 4.90 Å². The average Bonchev–Trinajstić information content (AvgIpc) is 2.77. The van der Waals surface area contributed by atoms with Crippen molar-refractivity contribution in [2.24, 2.45) is 0 Å². The van der Waals surface area contributed by atoms with Gasteiger partial charge < -0.3 is 5.32 Å². The molecule has 1 unspecified atom stereocenters. The highest BCUT2D eigenvalue weighted by Crippen LogP contribution is 2.25. The third-order valence-electron chi connectivity index (χ3n) is 4.91. The van der Waals surface area contributed by atoms with Crippen molar-refractivity contribution in [3.05, 3.63) is 108 Å². The van der Waals surface area contributed by atoms with Gasteiger partial charge in [-0.15, -0.1) is 0 Å². The number of nitrogens with one attached hydrogen (secondary N) is 2. The lowest BCUT2D eigenvalue weighted by Gasteiger charge is -2.21. The molecule has 0 bridgehead atoms. The zero-order chi connectivity index (χ0) is 21.0. The van der Waals surface area contributed by atoms with E-state index in [2.05, 4.69) is 22.2 Å². The first-order valence-corrected chi connectivity index (χ1v) is 11.4. The Morgan fingerprint density at radius 3 is 2.20 bits per heavy atom. The van der Waals surface area contributed by atoms with Crippen molar-refractivity contribution in [2.45, 2.75) is 10.9 Å². The molecule has 0 aliphatic rings. The van der Waals surface area contributed by atoms with Crippen LogP contribution in [0.5, 0.6) is 0 Å². The predicted octanol–water partition coefficient (Wildman–Crippen LogP) is 5.62. The Labute approximate surface area is 181 Å². The minimum Gasteiger partial charge on any atom is -0.383 e. The minimum atomic E-state index is -3.72. The van der Waals surface area contributed by atoms with Crippen LogP contribution in [-0.4, -0.2) is 15.0 Å². The van der Waals surface area contributed by atoms with Crippen LogP contribution in [0.4, 0.5) is 5.69 Å². The van der Waals surface area contributed by atoms with Gasteiger partial charge in [0, 0.05) is 22.6 Å². The van der Waals surface area contributed by atoms with Crippen molar-refractivity contribution >= 4 is 38.1 Å². The van der Waals surface area contributed by atoms with Gasteiger partial charge in [-0.05, 0) is 41.3 Å². The second-order valence-electron chi connectivity index (χ2n) is 6.95. The molecule has 0 radical (unpaired) electrons. The van der Waals surface area contributed by atoms with Crippen LogP contribution >= 0.6 is 11.6 Å². The molecule has 4 aromatic carbocycles. The molecule has 0 amide bonds. The van der Waals surface area contributed by atoms with Crippen LogP contribution in [0.1, 0.15) is 11.6 Å². The first-order valence-electron chi connectivity index (χ1n) is 9.57. The van der Waals surface area contributed by atoms with E-state index in [1.54, 1.807) is 12.1 Å². The number of halogens is 1. The van der Waals surface area contributed by atoms with Crippen LogP contribution < -0.4 is 10.0 Å². The molecule has 0 aliphatic heterocycles. The quantitative estimate of drug-likeness (QED) is 0.395. The van der Waals surface area contributed by atoms with Crippen molar-refractivity contribution in [1.29, 1.82) is 0 Å². The summed E-state index contributed by atoms with van der Waals surface area (Å²) in [5.41, 5.74) is 1.84. The molecule has 0 fully saturated rings. The van der Waals surface area contributed by atoms with Gasteiger partial charge in [0.15, 0.2) is 0 Å². The number of fused-ring (bicyclic) bond motifs is 1. The van der Waals surface area contributed by atoms with Crippen LogP contribution in [0.3, 0.4) is 0 Å². The Bertz CT molecular complexity index is 1240. The Balaban J connectivity index is 1.61. The van der Waals surface area contributed by atoms with Crippen LogP contribution in [0, 0.1) is 0 Å². The summed E-state index contributed by atoms with van der Waals surface area (Å²) in [5, 5.41) is 6.13. The number of rotatable bonds is 7. The van der Waals surface area contributed by atoms with Gasteiger partial charge in [-0.25, -0.2) is 13.1 Å². The second-order valence-corrected chi connectivity index (χ2v) is 9.10. The first kappa shape index (κ1) is 20.4. The number of hydrogen-bond acceptors (Lipinski definition) is 3. The largest absolute Gasteiger partial charge is 0.383 e. The molecule has 1 atom stereocenters. The Morgan fingerprint density at radius 1 is 0.767 bits per heavy atom. The van der Waals surface area contributed by atoms with E-state index in [1.807, 2.05) is 60.7 Å². The smallest absolute Gasteiger partial charge is 0.241 e. The third-order valence-corrected chi connectivity index (χ3v) is 6.65. The summed E-state index contributed by atoms with van der Waals surface area (Å²) in [6.07, 6.45) is 0. The fourth-order valence-corrected chi connectivity index (χ4v) is 4.72. The summed E-state index contributed by atoms with van der Waals surface area (Å²) >= 11 is 5.90. The molecule has 30 heavy (non-hydrogen) atoms. The van der Waals surface area contributed by atoms with Crippen molar-refractivity contribution < 1.29 is 8.42 Å². The van der Waals surface area contributed by atoms with E-state index in [4.69, 9.17) is 11.6 Å². The molecule has 4 nitrogen and oxygen atoms in total. The number of hydrogen-bond donors (Lipinski definition) is 2. The van der Waals surface area contributed by atoms with Gasteiger partial charge in [0.05, 0.1) is 10.9 Å². The number of anilines is 1. The predicted molar refractivity (Wildman–Crippen MR) is 123 cm³/mol. The van der Waals surface area contributed by atoms with Crippen molar-refractivity contribution in [2.75, 3.05) is 11.9 Å².